The quantitative estimate of drug-likeness (QED) is 0.467. The van der Waals surface area contributed by atoms with Gasteiger partial charge in [0.2, 0.25) is 5.89 Å². The van der Waals surface area contributed by atoms with Gasteiger partial charge in [-0.05, 0) is 30.3 Å². The summed E-state index contributed by atoms with van der Waals surface area (Å²) in [6, 6.07) is 7.36. The summed E-state index contributed by atoms with van der Waals surface area (Å²) >= 11 is 0. The molecule has 6 rings (SSSR count). The van der Waals surface area contributed by atoms with Gasteiger partial charge in [-0.1, -0.05) is 0 Å². The number of hydrogen-bond acceptors (Lipinski definition) is 7. The molecule has 0 aromatic carbocycles. The topological polar surface area (TPSA) is 118 Å². The number of nitrogens with one attached hydrogen (secondary N) is 1. The van der Waals surface area contributed by atoms with Gasteiger partial charge >= 0.3 is 11.8 Å². The van der Waals surface area contributed by atoms with Crippen molar-refractivity contribution in [2.24, 2.45) is 0 Å². The summed E-state index contributed by atoms with van der Waals surface area (Å²) in [7, 11) is 0. The predicted molar refractivity (Wildman–Crippen MR) is 108 cm³/mol. The highest BCUT2D eigenvalue weighted by atomic mass is 19.1. The molecular formula is C21H15FN8O2. The Kier molecular flexibility index (Phi) is 4.06. The number of H-pyrrole nitrogens is 1. The van der Waals surface area contributed by atoms with Gasteiger partial charge in [-0.3, -0.25) is 9.78 Å². The van der Waals surface area contributed by atoms with E-state index >= 15 is 0 Å². The van der Waals surface area contributed by atoms with Crippen LogP contribution in [0.15, 0.2) is 59.7 Å². The molecule has 5 aromatic rings. The SMILES string of the molecule is O=C(c1nnc(-c2ccncc2)o1)N1CCc2[nH]cnc2C1c1cc2c(F)cccn2n1. The molecule has 6 heterocycles. The van der Waals surface area contributed by atoms with Gasteiger partial charge in [-0.15, -0.1) is 10.2 Å². The molecule has 11 heteroatoms. The van der Waals surface area contributed by atoms with Gasteiger partial charge in [-0.2, -0.15) is 5.10 Å². The molecule has 158 valence electrons. The number of amides is 1. The highest BCUT2D eigenvalue weighted by Gasteiger charge is 2.38. The minimum atomic E-state index is -0.631. The zero-order chi connectivity index (χ0) is 21.7. The summed E-state index contributed by atoms with van der Waals surface area (Å²) in [6.07, 6.45) is 7.01. The van der Waals surface area contributed by atoms with Crippen LogP contribution >= 0.6 is 0 Å². The highest BCUT2D eigenvalue weighted by Crippen LogP contribution is 2.34. The number of pyridine rings is 2. The van der Waals surface area contributed by atoms with Crippen molar-refractivity contribution < 1.29 is 13.6 Å². The molecule has 0 saturated carbocycles. The van der Waals surface area contributed by atoms with Gasteiger partial charge in [-0.25, -0.2) is 13.9 Å². The molecule has 0 aliphatic carbocycles. The van der Waals surface area contributed by atoms with Gasteiger partial charge in [0.25, 0.3) is 0 Å². The van der Waals surface area contributed by atoms with Crippen molar-refractivity contribution in [1.29, 1.82) is 0 Å². The van der Waals surface area contributed by atoms with Crippen molar-refractivity contribution in [2.75, 3.05) is 6.54 Å². The molecule has 10 nitrogen and oxygen atoms in total. The molecule has 0 spiro atoms. The number of aromatic amines is 1. The van der Waals surface area contributed by atoms with Crippen LogP contribution in [0.2, 0.25) is 0 Å². The zero-order valence-corrected chi connectivity index (χ0v) is 16.5. The smallest absolute Gasteiger partial charge is 0.312 e. The summed E-state index contributed by atoms with van der Waals surface area (Å²) in [4.78, 5) is 26.5. The lowest BCUT2D eigenvalue weighted by Crippen LogP contribution is -2.41. The summed E-state index contributed by atoms with van der Waals surface area (Å²) in [5.74, 6) is -0.773. The first kappa shape index (κ1) is 18.4. The maximum atomic E-state index is 14.3. The summed E-state index contributed by atoms with van der Waals surface area (Å²) < 4.78 is 21.4. The van der Waals surface area contributed by atoms with Crippen molar-refractivity contribution in [1.82, 2.24) is 39.7 Å². The van der Waals surface area contributed by atoms with Gasteiger partial charge in [0, 0.05) is 42.8 Å². The number of nitrogens with zero attached hydrogens (tertiary/aromatic N) is 7. The maximum Gasteiger partial charge on any atom is 0.312 e. The van der Waals surface area contributed by atoms with E-state index in [1.807, 2.05) is 0 Å². The first-order valence-electron chi connectivity index (χ1n) is 9.90. The number of halogens is 1. The normalized spacial score (nSPS) is 15.8. The third kappa shape index (κ3) is 2.86. The van der Waals surface area contributed by atoms with Crippen LogP contribution in [-0.4, -0.2) is 52.1 Å². The van der Waals surface area contributed by atoms with Crippen molar-refractivity contribution in [2.45, 2.75) is 12.5 Å². The molecule has 1 aliphatic rings. The number of carbonyl (C=O) groups is 1. The number of hydrogen-bond donors (Lipinski definition) is 1. The van der Waals surface area contributed by atoms with E-state index in [-0.39, 0.29) is 11.8 Å². The maximum absolute atomic E-state index is 14.3. The molecule has 1 N–H and O–H groups in total. The molecule has 1 amide bonds. The summed E-state index contributed by atoms with van der Waals surface area (Å²) in [5.41, 5.74) is 3.02. The van der Waals surface area contributed by atoms with Crippen LogP contribution in [0.5, 0.6) is 0 Å². The van der Waals surface area contributed by atoms with E-state index < -0.39 is 17.8 Å². The van der Waals surface area contributed by atoms with Crippen LogP contribution in [0.4, 0.5) is 4.39 Å². The Morgan fingerprint density at radius 2 is 2.09 bits per heavy atom. The van der Waals surface area contributed by atoms with E-state index in [2.05, 4.69) is 30.2 Å². The van der Waals surface area contributed by atoms with Crippen LogP contribution in [0.25, 0.3) is 17.0 Å². The Morgan fingerprint density at radius 3 is 2.94 bits per heavy atom. The fourth-order valence-electron chi connectivity index (χ4n) is 3.97. The molecule has 0 bridgehead atoms. The Bertz CT molecular complexity index is 1440. The number of carbonyl (C=O) groups excluding carboxylic acids is 1. The van der Waals surface area contributed by atoms with E-state index in [0.29, 0.717) is 35.4 Å². The van der Waals surface area contributed by atoms with Gasteiger partial charge in [0.05, 0.1) is 17.7 Å². The number of aromatic nitrogens is 7. The zero-order valence-electron chi connectivity index (χ0n) is 16.5. The van der Waals surface area contributed by atoms with E-state index in [9.17, 15) is 9.18 Å². The van der Waals surface area contributed by atoms with Crippen molar-refractivity contribution in [3.8, 4) is 11.5 Å². The number of fused-ring (bicyclic) bond motifs is 2. The van der Waals surface area contributed by atoms with E-state index in [1.54, 1.807) is 54.1 Å². The van der Waals surface area contributed by atoms with E-state index in [4.69, 9.17) is 4.42 Å². The van der Waals surface area contributed by atoms with Crippen molar-refractivity contribution >= 4 is 11.4 Å². The third-order valence-electron chi connectivity index (χ3n) is 5.47. The molecule has 1 unspecified atom stereocenters. The average Bonchev–Trinajstić information content (AvgIpc) is 3.58. The lowest BCUT2D eigenvalue weighted by atomic mass is 9.99. The Labute approximate surface area is 179 Å². The average molecular weight is 430 g/mol. The third-order valence-corrected chi connectivity index (χ3v) is 5.47. The van der Waals surface area contributed by atoms with Crippen LogP contribution < -0.4 is 0 Å². The second kappa shape index (κ2) is 7.08. The second-order valence-corrected chi connectivity index (χ2v) is 7.32. The predicted octanol–water partition coefficient (Wildman–Crippen LogP) is 2.43. The Hall–Kier alpha value is -4.41. The van der Waals surface area contributed by atoms with Crippen molar-refractivity contribution in [3.05, 3.63) is 84.0 Å². The van der Waals surface area contributed by atoms with Gasteiger partial charge < -0.3 is 14.3 Å². The first-order chi connectivity index (χ1) is 15.7. The van der Waals surface area contributed by atoms with Crippen LogP contribution in [-0.2, 0) is 6.42 Å². The van der Waals surface area contributed by atoms with Gasteiger partial charge in [0.1, 0.15) is 17.4 Å². The van der Waals surface area contributed by atoms with Crippen LogP contribution in [0, 0.1) is 5.82 Å². The molecular weight excluding hydrogens is 415 g/mol. The lowest BCUT2D eigenvalue weighted by Gasteiger charge is -2.32. The molecule has 1 aliphatic heterocycles. The standard InChI is InChI=1S/C21H15FN8O2/c22-13-2-1-8-30-16(13)10-15(28-30)18-17-14(24-11-25-17)5-9-29(18)21(31)20-27-26-19(32-20)12-3-6-23-7-4-12/h1-4,6-8,10-11,18H,5,9H2,(H,24,25). The monoisotopic (exact) mass is 430 g/mol. The molecule has 5 aromatic heterocycles. The summed E-state index contributed by atoms with van der Waals surface area (Å²) in [5, 5.41) is 12.5. The molecule has 0 saturated heterocycles. The van der Waals surface area contributed by atoms with E-state index in [0.717, 1.165) is 5.69 Å². The minimum Gasteiger partial charge on any atom is -0.412 e. The van der Waals surface area contributed by atoms with Crippen LogP contribution in [0.3, 0.4) is 0 Å². The minimum absolute atomic E-state index is 0.143. The highest BCUT2D eigenvalue weighted by molar-refractivity contribution is 5.90. The van der Waals surface area contributed by atoms with Crippen molar-refractivity contribution in [3.63, 3.8) is 0 Å². The Morgan fingerprint density at radius 1 is 1.22 bits per heavy atom. The Balaban J connectivity index is 1.41. The van der Waals surface area contributed by atoms with Gasteiger partial charge in [0.15, 0.2) is 0 Å². The molecule has 1 atom stereocenters. The molecule has 0 fully saturated rings. The molecule has 0 radical (unpaired) electrons. The number of imidazole rings is 1. The first-order valence-corrected chi connectivity index (χ1v) is 9.90. The molecule has 32 heavy (non-hydrogen) atoms. The van der Waals surface area contributed by atoms with Crippen LogP contribution in [0.1, 0.15) is 33.8 Å². The fraction of sp³-hybridized carbons (Fsp3) is 0.143. The second-order valence-electron chi connectivity index (χ2n) is 7.32. The lowest BCUT2D eigenvalue weighted by molar-refractivity contribution is 0.0646. The van der Waals surface area contributed by atoms with E-state index in [1.165, 1.54) is 10.6 Å². The number of rotatable bonds is 3. The fourth-order valence-corrected chi connectivity index (χ4v) is 3.97. The summed E-state index contributed by atoms with van der Waals surface area (Å²) in [6.45, 7) is 0.377. The largest absolute Gasteiger partial charge is 0.412 e.